The number of thioether (sulfide) groups is 3. The predicted octanol–water partition coefficient (Wildman–Crippen LogP) is 10.2. The first-order chi connectivity index (χ1) is 40.8. The first-order valence-corrected chi connectivity index (χ1v) is 46.4. The number of hydrogen-bond acceptors (Lipinski definition) is 18. The first-order valence-electron chi connectivity index (χ1n) is 33.0. The van der Waals surface area contributed by atoms with Crippen molar-refractivity contribution in [1.29, 1.82) is 0 Å². The summed E-state index contributed by atoms with van der Waals surface area (Å²) < 4.78 is 108. The standard InChI is InChI=1S/C5H11N.C5H10O2S.C5H10OS.C5H10O.C5H10S.C4H9N.C4H8O2S.C4H8OS.C4H8O.C4H8S.C3H7N.C3H6O2S.C3H6OS.C3H6O.C3H6S/c1-2-4-6-5-3-1;6-8(7)4-2-1-3-5-8;6-7-4-2-1-3-5-7;2*1-2-4-6-5-3-1;1-2-4-5-3-1;5-7(6)3-1-2-4-7;5-6-3-1-2-4-6;2*1-2-4-5-3-1;1-2-4-3-1;4-6(5)2-1-3-6;4-5-2-1-3-5;2*1-2-4-3-1/h6H,1-5H2;1-5H2;1-5H2;2*1-5H2;5H,1-4H2;1-4H2;1-4H2;2*1-4H2;4H,1-3H2;1-3H2;1-3H2;2*1-3H2. The molecule has 0 saturated carbocycles. The molecule has 0 aliphatic carbocycles. The lowest BCUT2D eigenvalue weighted by molar-refractivity contribution is 0.0367. The second-order valence-corrected chi connectivity index (χ2v) is 38.2. The van der Waals surface area contributed by atoms with Gasteiger partial charge in [0.05, 0.1) is 34.5 Å². The van der Waals surface area contributed by atoms with Crippen LogP contribution in [-0.4, -0.2) is 220 Å². The van der Waals surface area contributed by atoms with Crippen molar-refractivity contribution in [1.82, 2.24) is 16.0 Å². The highest BCUT2D eigenvalue weighted by atomic mass is 32.2. The van der Waals surface area contributed by atoms with Gasteiger partial charge in [0.2, 0.25) is 0 Å². The van der Waals surface area contributed by atoms with Gasteiger partial charge in [-0.3, -0.25) is 12.6 Å². The van der Waals surface area contributed by atoms with Crippen LogP contribution in [0.1, 0.15) is 193 Å². The van der Waals surface area contributed by atoms with E-state index in [1.165, 1.54) is 228 Å². The van der Waals surface area contributed by atoms with Gasteiger partial charge in [0.15, 0.2) is 0 Å². The van der Waals surface area contributed by atoms with Crippen LogP contribution in [0.4, 0.5) is 0 Å². The maximum Gasteiger partial charge on any atom is 0.150 e. The van der Waals surface area contributed by atoms with Gasteiger partial charge in [-0.25, -0.2) is 25.3 Å². The lowest BCUT2D eigenvalue weighted by Gasteiger charge is -2.09. The van der Waals surface area contributed by atoms with E-state index >= 15 is 0 Å². The van der Waals surface area contributed by atoms with Crippen LogP contribution in [-0.2, 0) is 76.1 Å². The van der Waals surface area contributed by atoms with Crippen molar-refractivity contribution in [2.24, 2.45) is 0 Å². The highest BCUT2D eigenvalue weighted by Gasteiger charge is 2.19. The molecule has 0 aromatic rings. The summed E-state index contributed by atoms with van der Waals surface area (Å²) in [7, 11) is -8.87. The molecule has 15 aliphatic heterocycles. The van der Waals surface area contributed by atoms with E-state index < -0.39 is 61.9 Å². The summed E-state index contributed by atoms with van der Waals surface area (Å²) in [6, 6.07) is 0. The fourth-order valence-electron chi connectivity index (χ4n) is 8.03. The third kappa shape index (κ3) is 63.3. The molecule has 15 fully saturated rings. The number of sulfone groups is 3. The van der Waals surface area contributed by atoms with Crippen LogP contribution in [0.5, 0.6) is 0 Å². The molecule has 84 heavy (non-hydrogen) atoms. The molecule has 15 rings (SSSR count). The average molecular weight is 1370 g/mol. The maximum absolute atomic E-state index is 10.7. The van der Waals surface area contributed by atoms with E-state index in [0.29, 0.717) is 34.5 Å². The molecule has 0 atom stereocenters. The molecule has 504 valence electrons. The SMILES string of the molecule is C1CCNC1.C1CCNCC1.C1CCOC1.C1CCOCC1.C1CCSC1.C1CCSCC1.C1CNC1.C1COC1.C1CSC1.O=S1(=O)CCC1.O=S1(=O)CCCC1.O=S1(=O)CCCCC1.O=S1CCC1.O=S1CCCC1.O=S1CCCCC1. The van der Waals surface area contributed by atoms with Crippen LogP contribution < -0.4 is 16.0 Å². The maximum atomic E-state index is 10.7. The molecule has 0 bridgehead atoms. The highest BCUT2D eigenvalue weighted by molar-refractivity contribution is 8.00. The number of nitrogens with one attached hydrogen (secondary N) is 3. The Morgan fingerprint density at radius 2 is 0.464 bits per heavy atom. The van der Waals surface area contributed by atoms with Crippen molar-refractivity contribution in [2.75, 3.05) is 182 Å². The van der Waals surface area contributed by atoms with Crippen molar-refractivity contribution in [2.45, 2.75) is 193 Å². The van der Waals surface area contributed by atoms with Gasteiger partial charge in [0.25, 0.3) is 0 Å². The molecule has 15 nitrogen and oxygen atoms in total. The van der Waals surface area contributed by atoms with Crippen molar-refractivity contribution >= 4 is 97.2 Å². The Balaban J connectivity index is 0.000000451. The average Bonchev–Trinajstić information content (AvgIpc) is 4.37. The van der Waals surface area contributed by atoms with E-state index in [1.54, 1.807) is 0 Å². The van der Waals surface area contributed by atoms with Crippen LogP contribution in [0.3, 0.4) is 0 Å². The Labute approximate surface area is 536 Å². The second kappa shape index (κ2) is 61.6. The Morgan fingerprint density at radius 1 is 0.238 bits per heavy atom. The third-order valence-electron chi connectivity index (χ3n) is 14.3. The number of rotatable bonds is 0. The molecule has 0 aromatic carbocycles. The minimum atomic E-state index is -2.58. The van der Waals surface area contributed by atoms with Gasteiger partial charge in [-0.15, -0.1) is 0 Å². The summed E-state index contributed by atoms with van der Waals surface area (Å²) in [4.78, 5) is 0. The number of piperidine rings is 1. The predicted molar refractivity (Wildman–Crippen MR) is 371 cm³/mol. The van der Waals surface area contributed by atoms with E-state index in [0.717, 1.165) is 113 Å². The zero-order valence-electron chi connectivity index (χ0n) is 52.5. The molecule has 15 heterocycles. The fraction of sp³-hybridized carbons (Fsp3) is 1.00. The molecule has 0 spiro atoms. The van der Waals surface area contributed by atoms with Crippen LogP contribution in [0, 0.1) is 0 Å². The van der Waals surface area contributed by atoms with Gasteiger partial charge in [-0.05, 0) is 241 Å². The molecule has 15 saturated heterocycles. The summed E-state index contributed by atoms with van der Waals surface area (Å²) >= 11 is 6.21. The van der Waals surface area contributed by atoms with E-state index in [9.17, 15) is 37.9 Å². The van der Waals surface area contributed by atoms with E-state index in [2.05, 4.69) is 39.5 Å². The molecule has 3 N–H and O–H groups in total. The third-order valence-corrected chi connectivity index (χ3v) is 27.7. The Hall–Kier alpha value is 1.11. The summed E-state index contributed by atoms with van der Waals surface area (Å²) in [5.41, 5.74) is 0. The van der Waals surface area contributed by atoms with Crippen LogP contribution >= 0.6 is 35.3 Å². The molecule has 15 aliphatic rings. The van der Waals surface area contributed by atoms with Gasteiger partial charge in [0, 0.05) is 107 Å². The van der Waals surface area contributed by atoms with Crippen molar-refractivity contribution in [3.63, 3.8) is 0 Å². The Morgan fingerprint density at radius 3 is 0.607 bits per heavy atom. The quantitative estimate of drug-likeness (QED) is 0.205. The largest absolute Gasteiger partial charge is 0.381 e. The molecule has 0 aromatic heterocycles. The molecule has 0 unspecified atom stereocenters. The van der Waals surface area contributed by atoms with E-state index in [1.807, 2.05) is 11.8 Å². The zero-order valence-corrected chi connectivity index (χ0v) is 59.8. The lowest BCUT2D eigenvalue weighted by atomic mass is 10.2. The van der Waals surface area contributed by atoms with Crippen LogP contribution in [0.2, 0.25) is 0 Å². The monoisotopic (exact) mass is 1370 g/mol. The highest BCUT2D eigenvalue weighted by Crippen LogP contribution is 2.16. The van der Waals surface area contributed by atoms with Crippen LogP contribution in [0.15, 0.2) is 0 Å². The van der Waals surface area contributed by atoms with Crippen molar-refractivity contribution in [3.8, 4) is 0 Å². The molecule has 0 radical (unpaired) electrons. The van der Waals surface area contributed by atoms with Crippen molar-refractivity contribution < 1.29 is 52.1 Å². The smallest absolute Gasteiger partial charge is 0.150 e. The lowest BCUT2D eigenvalue weighted by Crippen LogP contribution is -2.29. The molecular formula is C60H123N3O12S9. The summed E-state index contributed by atoms with van der Waals surface area (Å²) in [5.74, 6) is 16.8. The second-order valence-electron chi connectivity index (χ2n) is 22.5. The van der Waals surface area contributed by atoms with Gasteiger partial charge in [-0.1, -0.05) is 25.7 Å². The van der Waals surface area contributed by atoms with Crippen molar-refractivity contribution in [3.05, 3.63) is 0 Å². The molecular weight excluding hydrogens is 1240 g/mol. The minimum Gasteiger partial charge on any atom is -0.381 e. The molecule has 24 heteroatoms. The number of hydrogen-bond donors (Lipinski definition) is 3. The minimum absolute atomic E-state index is 0.392. The van der Waals surface area contributed by atoms with Gasteiger partial charge in [-0.2, -0.15) is 35.3 Å². The Bertz CT molecular complexity index is 1640. The number of ether oxygens (including phenoxy) is 3. The topological polar surface area (TPSA) is 217 Å². The molecule has 0 amide bonds. The van der Waals surface area contributed by atoms with E-state index in [4.69, 9.17) is 14.2 Å². The summed E-state index contributed by atoms with van der Waals surface area (Å²) in [6.45, 7) is 13.5. The van der Waals surface area contributed by atoms with Gasteiger partial charge >= 0.3 is 0 Å². The van der Waals surface area contributed by atoms with Gasteiger partial charge in [0.1, 0.15) is 29.5 Å². The first kappa shape index (κ1) is 83.1. The zero-order chi connectivity index (χ0) is 61.0. The summed E-state index contributed by atoms with van der Waals surface area (Å²) in [5, 5.41) is 9.62. The fourth-order valence-corrected chi connectivity index (χ4v) is 17.1. The summed E-state index contributed by atoms with van der Waals surface area (Å²) in [6.07, 6.45) is 37.7. The Kier molecular flexibility index (Phi) is 61.0. The normalized spacial score (nSPS) is 25.3. The van der Waals surface area contributed by atoms with Gasteiger partial charge < -0.3 is 30.2 Å². The van der Waals surface area contributed by atoms with E-state index in [-0.39, 0.29) is 0 Å². The van der Waals surface area contributed by atoms with Crippen LogP contribution in [0.25, 0.3) is 0 Å².